The van der Waals surface area contributed by atoms with Gasteiger partial charge in [-0.3, -0.25) is 4.79 Å². The van der Waals surface area contributed by atoms with Gasteiger partial charge in [-0.2, -0.15) is 15.4 Å². The molecule has 0 bridgehead atoms. The van der Waals surface area contributed by atoms with Crippen molar-refractivity contribution in [3.05, 3.63) is 59.7 Å². The Labute approximate surface area is 116 Å². The maximum atomic E-state index is 12.2. The summed E-state index contributed by atoms with van der Waals surface area (Å²) in [5, 5.41) is 13.5. The zero-order valence-corrected chi connectivity index (χ0v) is 11.0. The molecule has 0 radical (unpaired) electrons. The molecule has 0 fully saturated rings. The number of aromatic nitrogens is 3. The second-order valence-corrected chi connectivity index (χ2v) is 4.63. The van der Waals surface area contributed by atoms with E-state index in [0.717, 1.165) is 11.1 Å². The number of benzene rings is 2. The molecule has 2 N–H and O–H groups in total. The largest absolute Gasteiger partial charge is 0.346 e. The first-order valence-corrected chi connectivity index (χ1v) is 6.40. The maximum Gasteiger partial charge on any atom is 0.251 e. The fraction of sp³-hybridized carbons (Fsp3) is 0.133. The molecule has 3 rings (SSSR count). The van der Waals surface area contributed by atoms with Gasteiger partial charge in [-0.05, 0) is 30.7 Å². The van der Waals surface area contributed by atoms with Crippen molar-refractivity contribution in [3.8, 4) is 0 Å². The quantitative estimate of drug-likeness (QED) is 0.765. The summed E-state index contributed by atoms with van der Waals surface area (Å²) >= 11 is 0. The molecule has 0 unspecified atom stereocenters. The van der Waals surface area contributed by atoms with Gasteiger partial charge in [0, 0.05) is 5.56 Å². The van der Waals surface area contributed by atoms with Crippen LogP contribution in [-0.4, -0.2) is 21.3 Å². The summed E-state index contributed by atoms with van der Waals surface area (Å²) < 4.78 is 0. The molecular weight excluding hydrogens is 252 g/mol. The molecule has 0 aliphatic carbocycles. The molecule has 1 aromatic heterocycles. The standard InChI is InChI=1S/C15H14N4O/c1-10(11-5-3-2-4-6-11)16-15(20)12-7-8-13-14(9-12)18-19-17-13/h2-10H,1H3,(H,16,20)(H,17,18,19)/t10-/m1/s1. The molecule has 0 saturated carbocycles. The molecule has 1 atom stereocenters. The van der Waals surface area contributed by atoms with Gasteiger partial charge in [0.15, 0.2) is 0 Å². The van der Waals surface area contributed by atoms with Gasteiger partial charge in [0.25, 0.3) is 5.91 Å². The average Bonchev–Trinajstić information content (AvgIpc) is 2.95. The number of carbonyl (C=O) groups excluding carboxylic acids is 1. The Bertz CT molecular complexity index is 736. The number of amides is 1. The Balaban J connectivity index is 1.78. The van der Waals surface area contributed by atoms with E-state index in [1.807, 2.05) is 37.3 Å². The number of hydrogen-bond acceptors (Lipinski definition) is 3. The Morgan fingerprint density at radius 1 is 1.10 bits per heavy atom. The van der Waals surface area contributed by atoms with Crippen molar-refractivity contribution in [1.29, 1.82) is 0 Å². The number of hydrogen-bond donors (Lipinski definition) is 2. The van der Waals surface area contributed by atoms with Crippen molar-refractivity contribution >= 4 is 16.9 Å². The smallest absolute Gasteiger partial charge is 0.251 e. The van der Waals surface area contributed by atoms with Crippen LogP contribution in [0, 0.1) is 0 Å². The van der Waals surface area contributed by atoms with Gasteiger partial charge < -0.3 is 5.32 Å². The Hall–Kier alpha value is -2.69. The predicted molar refractivity (Wildman–Crippen MR) is 76.2 cm³/mol. The summed E-state index contributed by atoms with van der Waals surface area (Å²) in [5.74, 6) is -0.119. The van der Waals surface area contributed by atoms with Crippen LogP contribution < -0.4 is 5.32 Å². The van der Waals surface area contributed by atoms with E-state index in [1.165, 1.54) is 0 Å². The molecule has 0 aliphatic rings. The highest BCUT2D eigenvalue weighted by Gasteiger charge is 2.12. The zero-order valence-electron chi connectivity index (χ0n) is 11.0. The summed E-state index contributed by atoms with van der Waals surface area (Å²) in [6, 6.07) is 15.1. The van der Waals surface area contributed by atoms with Crippen LogP contribution in [0.1, 0.15) is 28.9 Å². The number of carbonyl (C=O) groups is 1. The fourth-order valence-electron chi connectivity index (χ4n) is 2.09. The van der Waals surface area contributed by atoms with E-state index in [1.54, 1.807) is 18.2 Å². The number of rotatable bonds is 3. The first-order chi connectivity index (χ1) is 9.74. The van der Waals surface area contributed by atoms with Gasteiger partial charge in [0.05, 0.1) is 6.04 Å². The number of H-pyrrole nitrogens is 1. The molecule has 1 heterocycles. The fourth-order valence-corrected chi connectivity index (χ4v) is 2.09. The number of nitrogens with zero attached hydrogens (tertiary/aromatic N) is 2. The van der Waals surface area contributed by atoms with Gasteiger partial charge >= 0.3 is 0 Å². The van der Waals surface area contributed by atoms with Crippen LogP contribution in [-0.2, 0) is 0 Å². The third-order valence-corrected chi connectivity index (χ3v) is 3.23. The highest BCUT2D eigenvalue weighted by molar-refractivity contribution is 5.97. The summed E-state index contributed by atoms with van der Waals surface area (Å²) in [6.07, 6.45) is 0. The lowest BCUT2D eigenvalue weighted by Crippen LogP contribution is -2.26. The van der Waals surface area contributed by atoms with Crippen molar-refractivity contribution in [1.82, 2.24) is 20.7 Å². The molecule has 20 heavy (non-hydrogen) atoms. The minimum absolute atomic E-state index is 0.0447. The number of aromatic amines is 1. The topological polar surface area (TPSA) is 70.7 Å². The van der Waals surface area contributed by atoms with Crippen LogP contribution in [0.4, 0.5) is 0 Å². The second-order valence-electron chi connectivity index (χ2n) is 4.63. The van der Waals surface area contributed by atoms with Crippen molar-refractivity contribution in [3.63, 3.8) is 0 Å². The molecule has 3 aromatic rings. The van der Waals surface area contributed by atoms with E-state index in [4.69, 9.17) is 0 Å². The molecular formula is C15H14N4O. The van der Waals surface area contributed by atoms with Crippen molar-refractivity contribution in [2.45, 2.75) is 13.0 Å². The van der Waals surface area contributed by atoms with Crippen LogP contribution >= 0.6 is 0 Å². The maximum absolute atomic E-state index is 12.2. The van der Waals surface area contributed by atoms with E-state index < -0.39 is 0 Å². The molecule has 5 heteroatoms. The van der Waals surface area contributed by atoms with Gasteiger partial charge in [-0.25, -0.2) is 0 Å². The van der Waals surface area contributed by atoms with Crippen LogP contribution in [0.25, 0.3) is 11.0 Å². The lowest BCUT2D eigenvalue weighted by Gasteiger charge is -2.14. The van der Waals surface area contributed by atoms with Crippen LogP contribution in [0.3, 0.4) is 0 Å². The van der Waals surface area contributed by atoms with Crippen molar-refractivity contribution in [2.75, 3.05) is 0 Å². The first-order valence-electron chi connectivity index (χ1n) is 6.40. The summed E-state index contributed by atoms with van der Waals surface area (Å²) in [6.45, 7) is 1.96. The van der Waals surface area contributed by atoms with Gasteiger partial charge in [0.2, 0.25) is 0 Å². The Kier molecular flexibility index (Phi) is 3.16. The lowest BCUT2D eigenvalue weighted by atomic mass is 10.1. The second kappa shape index (κ2) is 5.13. The number of nitrogens with one attached hydrogen (secondary N) is 2. The van der Waals surface area contributed by atoms with Crippen LogP contribution in [0.5, 0.6) is 0 Å². The molecule has 100 valence electrons. The highest BCUT2D eigenvalue weighted by atomic mass is 16.1. The van der Waals surface area contributed by atoms with Gasteiger partial charge in [-0.1, -0.05) is 30.3 Å². The van der Waals surface area contributed by atoms with Gasteiger partial charge in [0.1, 0.15) is 11.0 Å². The first kappa shape index (κ1) is 12.3. The number of fused-ring (bicyclic) bond motifs is 1. The normalized spacial score (nSPS) is 12.2. The van der Waals surface area contributed by atoms with Crippen molar-refractivity contribution in [2.24, 2.45) is 0 Å². The summed E-state index contributed by atoms with van der Waals surface area (Å²) in [5.41, 5.74) is 3.08. The third-order valence-electron chi connectivity index (χ3n) is 3.23. The van der Waals surface area contributed by atoms with E-state index in [0.29, 0.717) is 11.1 Å². The SMILES string of the molecule is C[C@@H](NC(=O)c1ccc2n[nH]nc2c1)c1ccccc1. The molecule has 0 aliphatic heterocycles. The van der Waals surface area contributed by atoms with Gasteiger partial charge in [-0.15, -0.1) is 0 Å². The predicted octanol–water partition coefficient (Wildman–Crippen LogP) is 2.45. The van der Waals surface area contributed by atoms with E-state index in [2.05, 4.69) is 20.7 Å². The summed E-state index contributed by atoms with van der Waals surface area (Å²) in [4.78, 5) is 12.2. The molecule has 2 aromatic carbocycles. The molecule has 1 amide bonds. The highest BCUT2D eigenvalue weighted by Crippen LogP contribution is 2.14. The van der Waals surface area contributed by atoms with Crippen LogP contribution in [0.2, 0.25) is 0 Å². The minimum Gasteiger partial charge on any atom is -0.346 e. The minimum atomic E-state index is -0.119. The monoisotopic (exact) mass is 266 g/mol. The van der Waals surface area contributed by atoms with Crippen molar-refractivity contribution < 1.29 is 4.79 Å². The van der Waals surface area contributed by atoms with E-state index >= 15 is 0 Å². The average molecular weight is 266 g/mol. The third kappa shape index (κ3) is 2.38. The lowest BCUT2D eigenvalue weighted by molar-refractivity contribution is 0.0940. The molecule has 0 saturated heterocycles. The van der Waals surface area contributed by atoms with E-state index in [9.17, 15) is 4.79 Å². The molecule has 5 nitrogen and oxygen atoms in total. The van der Waals surface area contributed by atoms with E-state index in [-0.39, 0.29) is 11.9 Å². The summed E-state index contributed by atoms with van der Waals surface area (Å²) in [7, 11) is 0. The zero-order chi connectivity index (χ0) is 13.9. The Morgan fingerprint density at radius 3 is 2.65 bits per heavy atom. The Morgan fingerprint density at radius 2 is 1.85 bits per heavy atom. The molecule has 0 spiro atoms. The van der Waals surface area contributed by atoms with Crippen LogP contribution in [0.15, 0.2) is 48.5 Å².